The molecule has 6 heteroatoms. The maximum atomic E-state index is 12.0. The van der Waals surface area contributed by atoms with Crippen LogP contribution in [-0.4, -0.2) is 38.3 Å². The molecule has 1 N–H and O–H groups in total. The van der Waals surface area contributed by atoms with Crippen molar-refractivity contribution in [3.05, 3.63) is 36.4 Å². The zero-order valence-electron chi connectivity index (χ0n) is 15.0. The van der Waals surface area contributed by atoms with Crippen LogP contribution in [0, 0.1) is 11.8 Å². The first-order valence-corrected chi connectivity index (χ1v) is 9.40. The Labute approximate surface area is 152 Å². The van der Waals surface area contributed by atoms with Gasteiger partial charge in [0.2, 0.25) is 0 Å². The number of aliphatic hydroxyl groups is 1. The lowest BCUT2D eigenvalue weighted by atomic mass is 9.66. The summed E-state index contributed by atoms with van der Waals surface area (Å²) >= 11 is 0. The molecular formula is C20H25N3O3. The van der Waals surface area contributed by atoms with Crippen molar-refractivity contribution in [2.24, 2.45) is 11.8 Å². The predicted molar refractivity (Wildman–Crippen MR) is 97.3 cm³/mol. The maximum absolute atomic E-state index is 12.0. The summed E-state index contributed by atoms with van der Waals surface area (Å²) < 4.78 is 5.58. The van der Waals surface area contributed by atoms with Crippen LogP contribution in [0.15, 0.2) is 36.4 Å². The quantitative estimate of drug-likeness (QED) is 0.676. The van der Waals surface area contributed by atoms with E-state index in [1.807, 2.05) is 24.3 Å². The number of esters is 1. The molecule has 5 atom stereocenters. The Hall–Kier alpha value is -2.21. The summed E-state index contributed by atoms with van der Waals surface area (Å²) in [6.45, 7) is 5.27. The standard InChI is InChI=1S/C20H25N3O3/c1-12(2)20(25)26-17-11-13-7-3-4-8-14(13)18(19(17)24)23-21-15-9-5-6-10-16(15)22-23/h5-6,9-10,13-14,17-19,24H,1,3-4,7-8,11H2,2H3. The van der Waals surface area contributed by atoms with Crippen LogP contribution in [0.2, 0.25) is 0 Å². The predicted octanol–water partition coefficient (Wildman–Crippen LogP) is 3.03. The lowest BCUT2D eigenvalue weighted by Crippen LogP contribution is -2.50. The third-order valence-corrected chi connectivity index (χ3v) is 5.85. The maximum Gasteiger partial charge on any atom is 0.333 e. The summed E-state index contributed by atoms with van der Waals surface area (Å²) in [5, 5.41) is 20.3. The number of ether oxygens (including phenoxy) is 1. The molecule has 2 aliphatic rings. The molecule has 6 nitrogen and oxygen atoms in total. The van der Waals surface area contributed by atoms with Gasteiger partial charge in [0.05, 0.1) is 0 Å². The summed E-state index contributed by atoms with van der Waals surface area (Å²) in [4.78, 5) is 13.7. The zero-order valence-corrected chi connectivity index (χ0v) is 15.0. The van der Waals surface area contributed by atoms with Gasteiger partial charge in [-0.2, -0.15) is 15.0 Å². The highest BCUT2D eigenvalue weighted by atomic mass is 16.6. The lowest BCUT2D eigenvalue weighted by Gasteiger charge is -2.46. The van der Waals surface area contributed by atoms with Crippen molar-refractivity contribution in [1.29, 1.82) is 0 Å². The van der Waals surface area contributed by atoms with Crippen LogP contribution in [0.4, 0.5) is 0 Å². The van der Waals surface area contributed by atoms with E-state index in [0.29, 0.717) is 23.8 Å². The van der Waals surface area contributed by atoms with E-state index in [9.17, 15) is 9.90 Å². The molecule has 0 aliphatic heterocycles. The smallest absolute Gasteiger partial charge is 0.333 e. The number of fused-ring (bicyclic) bond motifs is 2. The highest BCUT2D eigenvalue weighted by molar-refractivity contribution is 5.87. The first kappa shape index (κ1) is 17.2. The molecule has 5 unspecified atom stereocenters. The van der Waals surface area contributed by atoms with E-state index in [4.69, 9.17) is 4.74 Å². The van der Waals surface area contributed by atoms with Crippen LogP contribution in [0.25, 0.3) is 11.0 Å². The van der Waals surface area contributed by atoms with Crippen LogP contribution in [0.1, 0.15) is 45.1 Å². The van der Waals surface area contributed by atoms with Gasteiger partial charge in [-0.3, -0.25) is 0 Å². The van der Waals surface area contributed by atoms with Crippen molar-refractivity contribution in [3.63, 3.8) is 0 Å². The molecule has 2 aliphatic carbocycles. The number of nitrogens with zero attached hydrogens (tertiary/aromatic N) is 3. The molecule has 2 aromatic rings. The molecule has 0 saturated heterocycles. The molecule has 0 spiro atoms. The van der Waals surface area contributed by atoms with Crippen LogP contribution in [0.3, 0.4) is 0 Å². The number of carbonyl (C=O) groups excluding carboxylic acids is 1. The molecule has 2 fully saturated rings. The van der Waals surface area contributed by atoms with Gasteiger partial charge in [0.15, 0.2) is 0 Å². The second-order valence-electron chi connectivity index (χ2n) is 7.66. The van der Waals surface area contributed by atoms with E-state index >= 15 is 0 Å². The van der Waals surface area contributed by atoms with E-state index in [-0.39, 0.29) is 6.04 Å². The van der Waals surface area contributed by atoms with E-state index in [1.165, 1.54) is 6.42 Å². The van der Waals surface area contributed by atoms with Crippen molar-refractivity contribution < 1.29 is 14.6 Å². The Bertz CT molecular complexity index is 798. The molecule has 0 bridgehead atoms. The molecule has 4 rings (SSSR count). The number of benzene rings is 1. The fourth-order valence-electron chi connectivity index (χ4n) is 4.56. The minimum atomic E-state index is -0.820. The Morgan fingerprint density at radius 2 is 1.88 bits per heavy atom. The molecule has 1 aromatic heterocycles. The van der Waals surface area contributed by atoms with Gasteiger partial charge in [0.1, 0.15) is 29.3 Å². The van der Waals surface area contributed by atoms with Crippen molar-refractivity contribution >= 4 is 17.0 Å². The average Bonchev–Trinajstić information content (AvgIpc) is 3.05. The summed E-state index contributed by atoms with van der Waals surface area (Å²) in [6.07, 6.45) is 3.81. The molecule has 2 saturated carbocycles. The molecule has 0 amide bonds. The third kappa shape index (κ3) is 3.03. The largest absolute Gasteiger partial charge is 0.456 e. The van der Waals surface area contributed by atoms with Gasteiger partial charge in [-0.15, -0.1) is 0 Å². The van der Waals surface area contributed by atoms with Crippen LogP contribution in [0.5, 0.6) is 0 Å². The van der Waals surface area contributed by atoms with Crippen molar-refractivity contribution in [2.75, 3.05) is 0 Å². The monoisotopic (exact) mass is 355 g/mol. The number of carbonyl (C=O) groups is 1. The van der Waals surface area contributed by atoms with E-state index in [0.717, 1.165) is 30.3 Å². The van der Waals surface area contributed by atoms with Crippen LogP contribution < -0.4 is 0 Å². The number of hydrogen-bond acceptors (Lipinski definition) is 5. The fourth-order valence-corrected chi connectivity index (χ4v) is 4.56. The van der Waals surface area contributed by atoms with Crippen molar-refractivity contribution in [3.8, 4) is 0 Å². The Morgan fingerprint density at radius 1 is 1.23 bits per heavy atom. The second kappa shape index (κ2) is 6.83. The molecular weight excluding hydrogens is 330 g/mol. The Morgan fingerprint density at radius 3 is 2.54 bits per heavy atom. The van der Waals surface area contributed by atoms with Gasteiger partial charge in [-0.1, -0.05) is 31.6 Å². The Balaban J connectivity index is 1.68. The van der Waals surface area contributed by atoms with E-state index in [1.54, 1.807) is 11.7 Å². The van der Waals surface area contributed by atoms with Gasteiger partial charge in [0.25, 0.3) is 0 Å². The molecule has 138 valence electrons. The summed E-state index contributed by atoms with van der Waals surface area (Å²) in [6, 6.07) is 7.43. The number of aliphatic hydroxyl groups excluding tert-OH is 1. The number of hydrogen-bond donors (Lipinski definition) is 1. The van der Waals surface area contributed by atoms with Gasteiger partial charge >= 0.3 is 5.97 Å². The van der Waals surface area contributed by atoms with Crippen molar-refractivity contribution in [1.82, 2.24) is 15.0 Å². The molecule has 1 heterocycles. The van der Waals surface area contributed by atoms with Crippen molar-refractivity contribution in [2.45, 2.75) is 57.3 Å². The first-order chi connectivity index (χ1) is 12.5. The van der Waals surface area contributed by atoms with Gasteiger partial charge < -0.3 is 9.84 Å². The van der Waals surface area contributed by atoms with Gasteiger partial charge in [-0.05, 0) is 50.2 Å². The van der Waals surface area contributed by atoms with Gasteiger partial charge in [0, 0.05) is 5.57 Å². The number of aromatic nitrogens is 3. The molecule has 1 aromatic carbocycles. The SMILES string of the molecule is C=C(C)C(=O)OC1CC2CCCCC2C(n2nc3ccccc3n2)C1O. The second-order valence-corrected chi connectivity index (χ2v) is 7.66. The van der Waals surface area contributed by atoms with Crippen LogP contribution >= 0.6 is 0 Å². The average molecular weight is 355 g/mol. The molecule has 26 heavy (non-hydrogen) atoms. The van der Waals surface area contributed by atoms with E-state index < -0.39 is 18.2 Å². The molecule has 0 radical (unpaired) electrons. The first-order valence-electron chi connectivity index (χ1n) is 9.40. The van der Waals surface area contributed by atoms with Gasteiger partial charge in [-0.25, -0.2) is 4.79 Å². The normalized spacial score (nSPS) is 31.4. The zero-order chi connectivity index (χ0) is 18.3. The number of rotatable bonds is 3. The van der Waals surface area contributed by atoms with Crippen LogP contribution in [-0.2, 0) is 9.53 Å². The lowest BCUT2D eigenvalue weighted by molar-refractivity contribution is -0.164. The summed E-state index contributed by atoms with van der Waals surface area (Å²) in [5.41, 5.74) is 1.98. The summed E-state index contributed by atoms with van der Waals surface area (Å²) in [5.74, 6) is 0.273. The highest BCUT2D eigenvalue weighted by Crippen LogP contribution is 2.46. The fraction of sp³-hybridized carbons (Fsp3) is 0.550. The third-order valence-electron chi connectivity index (χ3n) is 5.85. The topological polar surface area (TPSA) is 77.2 Å². The Kier molecular flexibility index (Phi) is 4.53. The highest BCUT2D eigenvalue weighted by Gasteiger charge is 2.48. The minimum Gasteiger partial charge on any atom is -0.456 e. The minimum absolute atomic E-state index is 0.274. The summed E-state index contributed by atoms with van der Waals surface area (Å²) in [7, 11) is 0. The van der Waals surface area contributed by atoms with E-state index in [2.05, 4.69) is 16.8 Å².